The predicted molar refractivity (Wildman–Crippen MR) is 80.8 cm³/mol. The van der Waals surface area contributed by atoms with Crippen LogP contribution in [0.5, 0.6) is 0 Å². The Labute approximate surface area is 121 Å². The average Bonchev–Trinajstić information content (AvgIpc) is 2.37. The van der Waals surface area contributed by atoms with Gasteiger partial charge in [-0.1, -0.05) is 12.2 Å². The fourth-order valence-corrected chi connectivity index (χ4v) is 2.08. The number of nitrogens with zero attached hydrogens (tertiary/aromatic N) is 1. The van der Waals surface area contributed by atoms with E-state index in [1.165, 1.54) is 12.1 Å². The Bertz CT molecular complexity index is 606. The lowest BCUT2D eigenvalue weighted by Gasteiger charge is -2.19. The summed E-state index contributed by atoms with van der Waals surface area (Å²) >= 11 is 4.89. The Morgan fingerprint density at radius 3 is 2.15 bits per heavy atom. The molecule has 0 radical (unpaired) electrons. The standard InChI is InChI=1S/C15H14F2N2S/c1-19(9-10-6-12(16)8-13(17)7-10)14-4-2-11(3-5-14)15(18)20/h2-8H,9H2,1H3,(H2,18,20). The second-order valence-electron chi connectivity index (χ2n) is 4.54. The van der Waals surface area contributed by atoms with Gasteiger partial charge >= 0.3 is 0 Å². The highest BCUT2D eigenvalue weighted by Crippen LogP contribution is 2.17. The quantitative estimate of drug-likeness (QED) is 0.877. The molecule has 0 heterocycles. The van der Waals surface area contributed by atoms with Gasteiger partial charge in [0.1, 0.15) is 16.6 Å². The monoisotopic (exact) mass is 292 g/mol. The van der Waals surface area contributed by atoms with Crippen molar-refractivity contribution < 1.29 is 8.78 Å². The Kier molecular flexibility index (Phi) is 4.29. The molecule has 0 unspecified atom stereocenters. The fourth-order valence-electron chi connectivity index (χ4n) is 1.95. The van der Waals surface area contributed by atoms with E-state index in [0.29, 0.717) is 17.1 Å². The van der Waals surface area contributed by atoms with Crippen LogP contribution in [0.1, 0.15) is 11.1 Å². The lowest BCUT2D eigenvalue weighted by molar-refractivity contribution is 0.579. The lowest BCUT2D eigenvalue weighted by Crippen LogP contribution is -2.17. The first-order chi connectivity index (χ1) is 9.45. The zero-order valence-corrected chi connectivity index (χ0v) is 11.8. The smallest absolute Gasteiger partial charge is 0.126 e. The van der Waals surface area contributed by atoms with Crippen LogP contribution in [0.15, 0.2) is 42.5 Å². The molecule has 2 nitrogen and oxygen atoms in total. The van der Waals surface area contributed by atoms with E-state index in [9.17, 15) is 8.78 Å². The Morgan fingerprint density at radius 2 is 1.65 bits per heavy atom. The summed E-state index contributed by atoms with van der Waals surface area (Å²) < 4.78 is 26.3. The summed E-state index contributed by atoms with van der Waals surface area (Å²) in [5.41, 5.74) is 7.80. The SMILES string of the molecule is CN(Cc1cc(F)cc(F)c1)c1ccc(C(N)=S)cc1. The van der Waals surface area contributed by atoms with Crippen molar-refractivity contribution in [1.29, 1.82) is 0 Å². The van der Waals surface area contributed by atoms with E-state index >= 15 is 0 Å². The molecule has 2 rings (SSSR count). The Hall–Kier alpha value is -2.01. The summed E-state index contributed by atoms with van der Waals surface area (Å²) in [5.74, 6) is -1.14. The highest BCUT2D eigenvalue weighted by molar-refractivity contribution is 7.80. The van der Waals surface area contributed by atoms with Gasteiger partial charge in [-0.05, 0) is 42.0 Å². The number of benzene rings is 2. The number of nitrogens with two attached hydrogens (primary N) is 1. The number of hydrogen-bond acceptors (Lipinski definition) is 2. The molecule has 2 aromatic rings. The topological polar surface area (TPSA) is 29.3 Å². The number of anilines is 1. The van der Waals surface area contributed by atoms with Crippen LogP contribution in [-0.2, 0) is 6.54 Å². The van der Waals surface area contributed by atoms with Gasteiger partial charge in [0, 0.05) is 30.9 Å². The van der Waals surface area contributed by atoms with Crippen molar-refractivity contribution in [2.24, 2.45) is 5.73 Å². The van der Waals surface area contributed by atoms with Crippen LogP contribution in [0.2, 0.25) is 0 Å². The van der Waals surface area contributed by atoms with Crippen LogP contribution < -0.4 is 10.6 Å². The molecule has 0 saturated carbocycles. The predicted octanol–water partition coefficient (Wildman–Crippen LogP) is 3.24. The van der Waals surface area contributed by atoms with Gasteiger partial charge in [-0.3, -0.25) is 0 Å². The van der Waals surface area contributed by atoms with E-state index in [1.807, 2.05) is 36.2 Å². The molecular weight excluding hydrogens is 278 g/mol. The molecule has 0 fully saturated rings. The zero-order chi connectivity index (χ0) is 14.7. The molecule has 0 atom stereocenters. The maximum absolute atomic E-state index is 13.1. The molecule has 0 aromatic heterocycles. The summed E-state index contributed by atoms with van der Waals surface area (Å²) in [5, 5.41) is 0. The van der Waals surface area contributed by atoms with E-state index in [4.69, 9.17) is 18.0 Å². The van der Waals surface area contributed by atoms with Crippen molar-refractivity contribution in [3.63, 3.8) is 0 Å². The number of halogens is 2. The third-order valence-electron chi connectivity index (χ3n) is 2.93. The highest BCUT2D eigenvalue weighted by atomic mass is 32.1. The average molecular weight is 292 g/mol. The van der Waals surface area contributed by atoms with E-state index < -0.39 is 11.6 Å². The molecule has 0 aliphatic carbocycles. The van der Waals surface area contributed by atoms with E-state index in [2.05, 4.69) is 0 Å². The van der Waals surface area contributed by atoms with Crippen LogP contribution in [-0.4, -0.2) is 12.0 Å². The van der Waals surface area contributed by atoms with Gasteiger partial charge in [0.2, 0.25) is 0 Å². The minimum atomic E-state index is -0.572. The minimum Gasteiger partial charge on any atom is -0.389 e. The van der Waals surface area contributed by atoms with Crippen LogP contribution >= 0.6 is 12.2 Å². The normalized spacial score (nSPS) is 10.3. The summed E-state index contributed by atoms with van der Waals surface area (Å²) in [4.78, 5) is 2.23. The van der Waals surface area contributed by atoms with Crippen molar-refractivity contribution in [3.05, 3.63) is 65.2 Å². The molecule has 0 bridgehead atoms. The summed E-state index contributed by atoms with van der Waals surface area (Å²) in [6.07, 6.45) is 0. The molecule has 0 saturated heterocycles. The first kappa shape index (κ1) is 14.4. The second-order valence-corrected chi connectivity index (χ2v) is 4.98. The molecule has 0 amide bonds. The molecule has 5 heteroatoms. The van der Waals surface area contributed by atoms with Crippen LogP contribution in [0.3, 0.4) is 0 Å². The summed E-state index contributed by atoms with van der Waals surface area (Å²) in [6.45, 7) is 0.404. The van der Waals surface area contributed by atoms with Gasteiger partial charge in [0.15, 0.2) is 0 Å². The zero-order valence-electron chi connectivity index (χ0n) is 10.9. The van der Waals surface area contributed by atoms with Crippen molar-refractivity contribution >= 4 is 22.9 Å². The molecule has 0 aliphatic rings. The molecule has 2 aromatic carbocycles. The van der Waals surface area contributed by atoms with Crippen LogP contribution in [0.25, 0.3) is 0 Å². The van der Waals surface area contributed by atoms with Gasteiger partial charge < -0.3 is 10.6 Å². The molecule has 0 spiro atoms. The lowest BCUT2D eigenvalue weighted by atomic mass is 10.1. The van der Waals surface area contributed by atoms with Crippen molar-refractivity contribution in [2.75, 3.05) is 11.9 Å². The maximum atomic E-state index is 13.1. The molecule has 104 valence electrons. The Morgan fingerprint density at radius 1 is 1.10 bits per heavy atom. The van der Waals surface area contributed by atoms with Crippen LogP contribution in [0, 0.1) is 11.6 Å². The van der Waals surface area contributed by atoms with Gasteiger partial charge in [0.25, 0.3) is 0 Å². The number of thiocarbonyl (C=S) groups is 1. The maximum Gasteiger partial charge on any atom is 0.126 e. The van der Waals surface area contributed by atoms with E-state index in [1.54, 1.807) is 0 Å². The first-order valence-corrected chi connectivity index (χ1v) is 6.42. The summed E-state index contributed by atoms with van der Waals surface area (Å²) in [6, 6.07) is 10.9. The molecule has 20 heavy (non-hydrogen) atoms. The third kappa shape index (κ3) is 3.51. The van der Waals surface area contributed by atoms with Crippen molar-refractivity contribution in [3.8, 4) is 0 Å². The first-order valence-electron chi connectivity index (χ1n) is 6.01. The van der Waals surface area contributed by atoms with Gasteiger partial charge in [0.05, 0.1) is 0 Å². The van der Waals surface area contributed by atoms with Gasteiger partial charge in [-0.2, -0.15) is 0 Å². The van der Waals surface area contributed by atoms with Crippen molar-refractivity contribution in [1.82, 2.24) is 0 Å². The van der Waals surface area contributed by atoms with Crippen LogP contribution in [0.4, 0.5) is 14.5 Å². The van der Waals surface area contributed by atoms with Gasteiger partial charge in [-0.25, -0.2) is 8.78 Å². The number of hydrogen-bond donors (Lipinski definition) is 1. The molecular formula is C15H14F2N2S. The van der Waals surface area contributed by atoms with Crippen molar-refractivity contribution in [2.45, 2.75) is 6.54 Å². The largest absolute Gasteiger partial charge is 0.389 e. The minimum absolute atomic E-state index is 0.339. The van der Waals surface area contributed by atoms with E-state index in [0.717, 1.165) is 17.3 Å². The highest BCUT2D eigenvalue weighted by Gasteiger charge is 2.06. The Balaban J connectivity index is 2.14. The fraction of sp³-hybridized carbons (Fsp3) is 0.133. The molecule has 2 N–H and O–H groups in total. The van der Waals surface area contributed by atoms with Gasteiger partial charge in [-0.15, -0.1) is 0 Å². The third-order valence-corrected chi connectivity index (χ3v) is 3.17. The summed E-state index contributed by atoms with van der Waals surface area (Å²) in [7, 11) is 1.85. The van der Waals surface area contributed by atoms with E-state index in [-0.39, 0.29) is 0 Å². The second kappa shape index (κ2) is 5.96. The number of rotatable bonds is 4. The molecule has 0 aliphatic heterocycles.